The lowest BCUT2D eigenvalue weighted by atomic mass is 10.0. The molecule has 0 amide bonds. The Balaban J connectivity index is 2.40. The number of nitrogens with one attached hydrogen (secondary N) is 1. The number of hydrogen-bond acceptors (Lipinski definition) is 4. The lowest BCUT2D eigenvalue weighted by molar-refractivity contribution is -0.137. The van der Waals surface area contributed by atoms with Crippen LogP contribution in [0, 0.1) is 0 Å². The highest BCUT2D eigenvalue weighted by Gasteiger charge is 2.35. The van der Waals surface area contributed by atoms with Crippen LogP contribution in [-0.2, 0) is 12.6 Å². The first-order chi connectivity index (χ1) is 9.47. The van der Waals surface area contributed by atoms with E-state index >= 15 is 0 Å². The van der Waals surface area contributed by atoms with Gasteiger partial charge in [-0.15, -0.1) is 11.3 Å². The van der Waals surface area contributed by atoms with Crippen LogP contribution in [0.1, 0.15) is 34.0 Å². The second-order valence-electron chi connectivity index (χ2n) is 4.22. The molecule has 0 aliphatic carbocycles. The number of hydrogen-bond donors (Lipinski definition) is 1. The van der Waals surface area contributed by atoms with Crippen LogP contribution in [0.2, 0.25) is 0 Å². The minimum atomic E-state index is -4.40. The van der Waals surface area contributed by atoms with Gasteiger partial charge in [0, 0.05) is 23.5 Å². The number of pyridine rings is 1. The summed E-state index contributed by atoms with van der Waals surface area (Å²) in [5.74, 6) is 0. The van der Waals surface area contributed by atoms with E-state index in [1.54, 1.807) is 19.4 Å². The van der Waals surface area contributed by atoms with Crippen molar-refractivity contribution in [3.63, 3.8) is 0 Å². The molecule has 108 valence electrons. The molecule has 1 atom stereocenters. The normalized spacial score (nSPS) is 13.4. The Hall–Kier alpha value is -1.47. The monoisotopic (exact) mass is 301 g/mol. The minimum absolute atomic E-state index is 0.304. The molecule has 2 heterocycles. The maximum absolute atomic E-state index is 12.6. The molecular formula is C13H14F3N3S. The first-order valence-electron chi connectivity index (χ1n) is 6.10. The van der Waals surface area contributed by atoms with Crippen molar-refractivity contribution in [1.82, 2.24) is 15.3 Å². The highest BCUT2D eigenvalue weighted by Crippen LogP contribution is 2.36. The molecule has 2 aromatic rings. The van der Waals surface area contributed by atoms with E-state index < -0.39 is 11.2 Å². The third kappa shape index (κ3) is 2.99. The van der Waals surface area contributed by atoms with Crippen molar-refractivity contribution in [3.8, 4) is 0 Å². The summed E-state index contributed by atoms with van der Waals surface area (Å²) in [7, 11) is 1.72. The Kier molecular flexibility index (Phi) is 4.39. The fourth-order valence-corrected chi connectivity index (χ4v) is 2.93. The number of rotatable bonds is 4. The van der Waals surface area contributed by atoms with Gasteiger partial charge in [-0.25, -0.2) is 4.98 Å². The molecule has 0 saturated carbocycles. The molecule has 0 saturated heterocycles. The second kappa shape index (κ2) is 5.88. The first-order valence-corrected chi connectivity index (χ1v) is 6.92. The van der Waals surface area contributed by atoms with Gasteiger partial charge < -0.3 is 5.32 Å². The molecule has 0 fully saturated rings. The lowest BCUT2D eigenvalue weighted by Gasteiger charge is -2.17. The maximum atomic E-state index is 12.6. The van der Waals surface area contributed by atoms with Gasteiger partial charge in [0.15, 0.2) is 5.01 Å². The number of nitrogens with zero attached hydrogens (tertiary/aromatic N) is 2. The standard InChI is InChI=1S/C13H14F3N3S/c1-3-8-6-18-5-4-9(8)11(17-2)10-7-19-12(20-10)13(14,15)16/h4-7,11,17H,3H2,1-2H3. The summed E-state index contributed by atoms with van der Waals surface area (Å²) in [5.41, 5.74) is 1.94. The second-order valence-corrected chi connectivity index (χ2v) is 5.28. The summed E-state index contributed by atoms with van der Waals surface area (Å²) in [4.78, 5) is 8.07. The molecule has 0 aliphatic heterocycles. The third-order valence-electron chi connectivity index (χ3n) is 2.97. The number of halogens is 3. The highest BCUT2D eigenvalue weighted by molar-refractivity contribution is 7.11. The van der Waals surface area contributed by atoms with E-state index in [1.807, 2.05) is 13.0 Å². The zero-order valence-corrected chi connectivity index (χ0v) is 11.8. The molecule has 0 radical (unpaired) electrons. The summed E-state index contributed by atoms with van der Waals surface area (Å²) < 4.78 is 37.9. The number of alkyl halides is 3. The molecule has 0 aliphatic rings. The SMILES string of the molecule is CCc1cnccc1C(NC)c1cnc(C(F)(F)F)s1. The van der Waals surface area contributed by atoms with Gasteiger partial charge >= 0.3 is 6.18 Å². The zero-order chi connectivity index (χ0) is 14.8. The molecule has 0 aromatic carbocycles. The van der Waals surface area contributed by atoms with E-state index in [2.05, 4.69) is 15.3 Å². The predicted molar refractivity (Wildman–Crippen MR) is 71.6 cm³/mol. The van der Waals surface area contributed by atoms with E-state index in [1.165, 1.54) is 6.20 Å². The predicted octanol–water partition coefficient (Wildman–Crippen LogP) is 3.43. The largest absolute Gasteiger partial charge is 0.443 e. The Labute approximate surface area is 118 Å². The molecule has 3 nitrogen and oxygen atoms in total. The van der Waals surface area contributed by atoms with Crippen LogP contribution < -0.4 is 5.32 Å². The van der Waals surface area contributed by atoms with E-state index in [9.17, 15) is 13.2 Å². The van der Waals surface area contributed by atoms with Crippen LogP contribution in [0.4, 0.5) is 13.2 Å². The van der Waals surface area contributed by atoms with Crippen LogP contribution in [0.5, 0.6) is 0 Å². The van der Waals surface area contributed by atoms with E-state index in [0.29, 0.717) is 16.2 Å². The summed E-state index contributed by atoms with van der Waals surface area (Å²) in [6.07, 6.45) is 1.05. The van der Waals surface area contributed by atoms with Crippen LogP contribution >= 0.6 is 11.3 Å². The Morgan fingerprint density at radius 2 is 2.10 bits per heavy atom. The van der Waals surface area contributed by atoms with Crippen molar-refractivity contribution in [2.24, 2.45) is 0 Å². The van der Waals surface area contributed by atoms with Crippen LogP contribution in [0.25, 0.3) is 0 Å². The number of aryl methyl sites for hydroxylation is 1. The summed E-state index contributed by atoms with van der Waals surface area (Å²) >= 11 is 0.668. The summed E-state index contributed by atoms with van der Waals surface area (Å²) in [6.45, 7) is 1.99. The van der Waals surface area contributed by atoms with Crippen LogP contribution in [-0.4, -0.2) is 17.0 Å². The summed E-state index contributed by atoms with van der Waals surface area (Å²) in [5, 5.41) is 2.23. The van der Waals surface area contributed by atoms with Gasteiger partial charge in [0.25, 0.3) is 0 Å². The molecule has 2 rings (SSSR count). The lowest BCUT2D eigenvalue weighted by Crippen LogP contribution is -2.18. The third-order valence-corrected chi connectivity index (χ3v) is 4.08. The fourth-order valence-electron chi connectivity index (χ4n) is 2.02. The van der Waals surface area contributed by atoms with Crippen LogP contribution in [0.15, 0.2) is 24.7 Å². The topological polar surface area (TPSA) is 37.8 Å². The van der Waals surface area contributed by atoms with Gasteiger partial charge in [0.05, 0.1) is 6.04 Å². The Morgan fingerprint density at radius 3 is 2.65 bits per heavy atom. The van der Waals surface area contributed by atoms with Gasteiger partial charge in [-0.2, -0.15) is 13.2 Å². The summed E-state index contributed by atoms with van der Waals surface area (Å²) in [6, 6.07) is 1.52. The zero-order valence-electron chi connectivity index (χ0n) is 11.0. The molecule has 0 bridgehead atoms. The Bertz CT molecular complexity index is 580. The van der Waals surface area contributed by atoms with E-state index in [0.717, 1.165) is 17.5 Å². The highest BCUT2D eigenvalue weighted by atomic mass is 32.1. The molecule has 1 N–H and O–H groups in total. The number of aromatic nitrogens is 2. The molecule has 2 aromatic heterocycles. The first kappa shape index (κ1) is 14.9. The van der Waals surface area contributed by atoms with Gasteiger partial charge in [0.2, 0.25) is 0 Å². The molecular weight excluding hydrogens is 287 g/mol. The van der Waals surface area contributed by atoms with Crippen molar-refractivity contribution in [2.75, 3.05) is 7.05 Å². The van der Waals surface area contributed by atoms with Crippen molar-refractivity contribution < 1.29 is 13.2 Å². The fraction of sp³-hybridized carbons (Fsp3) is 0.385. The van der Waals surface area contributed by atoms with Crippen molar-refractivity contribution >= 4 is 11.3 Å². The van der Waals surface area contributed by atoms with Crippen molar-refractivity contribution in [2.45, 2.75) is 25.6 Å². The number of thiazole rings is 1. The quantitative estimate of drug-likeness (QED) is 0.940. The average molecular weight is 301 g/mol. The van der Waals surface area contributed by atoms with Crippen molar-refractivity contribution in [1.29, 1.82) is 0 Å². The van der Waals surface area contributed by atoms with Gasteiger partial charge in [-0.3, -0.25) is 4.98 Å². The van der Waals surface area contributed by atoms with Gasteiger partial charge in [-0.05, 0) is 30.7 Å². The van der Waals surface area contributed by atoms with Gasteiger partial charge in [0.1, 0.15) is 0 Å². The van der Waals surface area contributed by atoms with E-state index in [4.69, 9.17) is 0 Å². The van der Waals surface area contributed by atoms with Crippen molar-refractivity contribution in [3.05, 3.63) is 45.7 Å². The van der Waals surface area contributed by atoms with E-state index in [-0.39, 0.29) is 6.04 Å². The molecule has 20 heavy (non-hydrogen) atoms. The minimum Gasteiger partial charge on any atom is -0.309 e. The average Bonchev–Trinajstić information content (AvgIpc) is 2.90. The van der Waals surface area contributed by atoms with Crippen LogP contribution in [0.3, 0.4) is 0 Å². The Morgan fingerprint density at radius 1 is 1.35 bits per heavy atom. The molecule has 7 heteroatoms. The maximum Gasteiger partial charge on any atom is 0.443 e. The smallest absolute Gasteiger partial charge is 0.309 e. The molecule has 1 unspecified atom stereocenters. The van der Waals surface area contributed by atoms with Gasteiger partial charge in [-0.1, -0.05) is 6.92 Å². The molecule has 0 spiro atoms.